The summed E-state index contributed by atoms with van der Waals surface area (Å²) in [4.78, 5) is 44.2. The average molecular weight is 882 g/mol. The smallest absolute Gasteiger partial charge is 0.305 e. The summed E-state index contributed by atoms with van der Waals surface area (Å²) in [6, 6.07) is 14.0. The maximum absolute atomic E-state index is 12.0. The van der Waals surface area contributed by atoms with Crippen LogP contribution >= 0.6 is 0 Å². The fourth-order valence-corrected chi connectivity index (χ4v) is 6.02. The Bertz CT molecular complexity index is 1540. The molecule has 0 aliphatic carbocycles. The minimum absolute atomic E-state index is 0.0142. The second-order valence-corrected chi connectivity index (χ2v) is 14.7. The van der Waals surface area contributed by atoms with Crippen LogP contribution < -0.4 is 16.0 Å². The maximum atomic E-state index is 12.0. The van der Waals surface area contributed by atoms with Crippen LogP contribution in [0.5, 0.6) is 0 Å². The number of aliphatic hydroxyl groups is 6. The first-order valence-electron chi connectivity index (χ1n) is 21.0. The monoisotopic (exact) mass is 881 g/mol. The van der Waals surface area contributed by atoms with Gasteiger partial charge in [0, 0.05) is 62.5 Å². The van der Waals surface area contributed by atoms with E-state index in [2.05, 4.69) is 34.5 Å². The topological polar surface area (TPSA) is 272 Å². The molecule has 9 N–H and O–H groups in total. The van der Waals surface area contributed by atoms with E-state index >= 15 is 0 Å². The summed E-state index contributed by atoms with van der Waals surface area (Å²) in [7, 11) is 6.21. The molecule has 0 radical (unpaired) electrons. The molecule has 2 amide bonds. The molecule has 0 aromatic heterocycles. The molecular weight excluding hydrogens is 810 g/mol. The molecule has 2 aromatic carbocycles. The molecule has 62 heavy (non-hydrogen) atoms. The molecule has 18 nitrogen and oxygen atoms in total. The minimum atomic E-state index is -1.49. The normalized spacial score (nSPS) is 25.2. The van der Waals surface area contributed by atoms with Gasteiger partial charge in [-0.1, -0.05) is 58.6 Å². The number of aliphatic hydroxyl groups excluding tert-OH is 6. The Morgan fingerprint density at radius 1 is 0.677 bits per heavy atom. The third-order valence-electron chi connectivity index (χ3n) is 10.1. The summed E-state index contributed by atoms with van der Waals surface area (Å²) in [5.74, 6) is -0.682. The molecule has 2 aliphatic heterocycles. The lowest BCUT2D eigenvalue weighted by Crippen LogP contribution is -2.63. The molecule has 2 saturated heterocycles. The molecule has 2 aromatic rings. The van der Waals surface area contributed by atoms with Crippen molar-refractivity contribution >= 4 is 34.9 Å². The van der Waals surface area contributed by atoms with Crippen molar-refractivity contribution in [3.8, 4) is 0 Å². The van der Waals surface area contributed by atoms with E-state index < -0.39 is 74.4 Å². The molecule has 0 bridgehead atoms. The second-order valence-electron chi connectivity index (χ2n) is 14.7. The molecule has 4 rings (SSSR count). The lowest BCUT2D eigenvalue weighted by atomic mass is 9.91. The molecule has 2 fully saturated rings. The minimum Gasteiger partial charge on any atom is -0.469 e. The Kier molecular flexibility index (Phi) is 27.9. The number of benzene rings is 2. The Morgan fingerprint density at radius 3 is 1.68 bits per heavy atom. The molecule has 2 heterocycles. The van der Waals surface area contributed by atoms with Gasteiger partial charge < -0.3 is 70.3 Å². The summed E-state index contributed by atoms with van der Waals surface area (Å²) in [5.41, 5.74) is 2.83. The zero-order chi connectivity index (χ0) is 46.8. The molecule has 0 spiro atoms. The predicted octanol–water partition coefficient (Wildman–Crippen LogP) is 2.77. The van der Waals surface area contributed by atoms with Gasteiger partial charge in [0.1, 0.15) is 30.5 Å². The van der Waals surface area contributed by atoms with Crippen molar-refractivity contribution in [2.24, 2.45) is 5.92 Å². The molecule has 352 valence electrons. The van der Waals surface area contributed by atoms with Crippen molar-refractivity contribution in [2.75, 3.05) is 52.2 Å². The summed E-state index contributed by atoms with van der Waals surface area (Å²) in [6.45, 7) is 6.40. The van der Waals surface area contributed by atoms with Crippen LogP contribution in [0, 0.1) is 5.92 Å². The van der Waals surface area contributed by atoms with E-state index in [1.165, 1.54) is 27.6 Å². The SMILES string of the molecule is CCCCCC(=O)NC.CCCCCC(=O)OC.CNc1ccc(NC(=O)c2ccc(C(C)=O)cc2)cc1.COC1OC(CO)C(OC2OC(CO)C(C)C(O)C2O)C(O)C1O. The highest BCUT2D eigenvalue weighted by atomic mass is 16.7. The predicted molar refractivity (Wildman–Crippen MR) is 231 cm³/mol. The number of ether oxygens (including phenoxy) is 5. The first-order valence-corrected chi connectivity index (χ1v) is 21.0. The summed E-state index contributed by atoms with van der Waals surface area (Å²) in [5, 5.41) is 67.4. The van der Waals surface area contributed by atoms with Crippen molar-refractivity contribution in [2.45, 2.75) is 134 Å². The first kappa shape index (κ1) is 55.9. The number of Topliss-reactive ketones (excluding diaryl/α,β-unsaturated/α-hetero) is 1. The molecule has 10 atom stereocenters. The Balaban J connectivity index is 0.000000453. The third kappa shape index (κ3) is 19.1. The van der Waals surface area contributed by atoms with Gasteiger partial charge in [0.2, 0.25) is 5.91 Å². The van der Waals surface area contributed by atoms with Gasteiger partial charge in [-0.3, -0.25) is 19.2 Å². The van der Waals surface area contributed by atoms with E-state index in [4.69, 9.17) is 18.9 Å². The second kappa shape index (κ2) is 30.9. The average Bonchev–Trinajstić information content (AvgIpc) is 3.29. The van der Waals surface area contributed by atoms with E-state index in [1.54, 1.807) is 38.2 Å². The van der Waals surface area contributed by atoms with Crippen LogP contribution in [0.2, 0.25) is 0 Å². The van der Waals surface area contributed by atoms with Crippen LogP contribution in [0.1, 0.15) is 99.8 Å². The van der Waals surface area contributed by atoms with E-state index in [9.17, 15) is 49.8 Å². The highest BCUT2D eigenvalue weighted by molar-refractivity contribution is 6.05. The van der Waals surface area contributed by atoms with Crippen LogP contribution in [0.25, 0.3) is 0 Å². The van der Waals surface area contributed by atoms with Gasteiger partial charge in [0.25, 0.3) is 5.91 Å². The zero-order valence-corrected chi connectivity index (χ0v) is 37.3. The van der Waals surface area contributed by atoms with Crippen LogP contribution in [0.15, 0.2) is 48.5 Å². The van der Waals surface area contributed by atoms with Gasteiger partial charge in [-0.25, -0.2) is 0 Å². The van der Waals surface area contributed by atoms with Crippen LogP contribution in [0.4, 0.5) is 11.4 Å². The summed E-state index contributed by atoms with van der Waals surface area (Å²) >= 11 is 0. The number of amides is 2. The molecule has 18 heteroatoms. The molecule has 0 saturated carbocycles. The van der Waals surface area contributed by atoms with Crippen molar-refractivity contribution in [1.29, 1.82) is 0 Å². The lowest BCUT2D eigenvalue weighted by Gasteiger charge is -2.46. The van der Waals surface area contributed by atoms with Gasteiger partial charge in [0.15, 0.2) is 18.4 Å². The fourth-order valence-electron chi connectivity index (χ4n) is 6.02. The molecule has 10 unspecified atom stereocenters. The van der Waals surface area contributed by atoms with Gasteiger partial charge >= 0.3 is 5.97 Å². The standard InChI is InChI=1S/C16H16N2O2.C14H26O10.C7H15NO.C7H14O2/c1-11(19)12-3-5-13(6-4-12)16(20)18-15-9-7-14(17-2)8-10-15;1-5-6(3-15)22-14(10(19)8(5)17)24-12-7(4-16)23-13(21-2)11(20)9(12)18;1-3-4-5-6-7(9)8-2;1-3-4-5-6-7(8)9-2/h3-10,17H,1-2H3,(H,18,20);5-20H,3-4H2,1-2H3;3-6H2,1-2H3,(H,8,9);3-6H2,1-2H3. The first-order chi connectivity index (χ1) is 29.6. The lowest BCUT2D eigenvalue weighted by molar-refractivity contribution is -0.353. The number of ketones is 1. The number of anilines is 2. The quantitative estimate of drug-likeness (QED) is 0.0628. The van der Waals surface area contributed by atoms with Gasteiger partial charge in [-0.15, -0.1) is 0 Å². The van der Waals surface area contributed by atoms with Crippen molar-refractivity contribution in [3.05, 3.63) is 59.7 Å². The number of unbranched alkanes of at least 4 members (excludes halogenated alkanes) is 4. The number of hydrogen-bond acceptors (Lipinski definition) is 16. The summed E-state index contributed by atoms with van der Waals surface area (Å²) < 4.78 is 25.5. The number of nitrogens with one attached hydrogen (secondary N) is 3. The highest BCUT2D eigenvalue weighted by Crippen LogP contribution is 2.31. The number of carbonyl (C=O) groups excluding carboxylic acids is 4. The van der Waals surface area contributed by atoms with Gasteiger partial charge in [-0.2, -0.15) is 0 Å². The summed E-state index contributed by atoms with van der Waals surface area (Å²) in [6.07, 6.45) is -3.32. The van der Waals surface area contributed by atoms with Gasteiger partial charge in [-0.05, 0) is 56.2 Å². The highest BCUT2D eigenvalue weighted by Gasteiger charge is 2.50. The Labute approximate surface area is 365 Å². The fraction of sp³-hybridized carbons (Fsp3) is 0.636. The number of rotatable bonds is 17. The van der Waals surface area contributed by atoms with Crippen LogP contribution in [-0.2, 0) is 33.3 Å². The number of carbonyl (C=O) groups is 4. The van der Waals surface area contributed by atoms with E-state index in [-0.39, 0.29) is 23.6 Å². The third-order valence-corrected chi connectivity index (χ3v) is 10.1. The van der Waals surface area contributed by atoms with Crippen LogP contribution in [0.3, 0.4) is 0 Å². The van der Waals surface area contributed by atoms with Crippen molar-refractivity contribution < 1.29 is 73.5 Å². The molecule has 2 aliphatic rings. The van der Waals surface area contributed by atoms with E-state index in [0.717, 1.165) is 43.5 Å². The number of hydrogen-bond donors (Lipinski definition) is 9. The van der Waals surface area contributed by atoms with Gasteiger partial charge in [0.05, 0.1) is 32.5 Å². The van der Waals surface area contributed by atoms with Crippen molar-refractivity contribution in [1.82, 2.24) is 5.32 Å². The number of esters is 1. The number of methoxy groups -OCH3 is 2. The van der Waals surface area contributed by atoms with E-state index in [1.807, 2.05) is 31.3 Å². The molecular formula is C44H71N3O15. The Hall–Kier alpha value is -4.08. The van der Waals surface area contributed by atoms with Crippen LogP contribution in [-0.4, -0.2) is 151 Å². The maximum Gasteiger partial charge on any atom is 0.305 e. The van der Waals surface area contributed by atoms with Crippen molar-refractivity contribution in [3.63, 3.8) is 0 Å². The largest absolute Gasteiger partial charge is 0.469 e. The zero-order valence-electron chi connectivity index (χ0n) is 37.3. The van der Waals surface area contributed by atoms with E-state index in [0.29, 0.717) is 24.0 Å². The Morgan fingerprint density at radius 2 is 1.19 bits per heavy atom.